The van der Waals surface area contributed by atoms with Crippen molar-refractivity contribution < 1.29 is 19.1 Å². The van der Waals surface area contributed by atoms with Crippen LogP contribution in [0.2, 0.25) is 0 Å². The number of nitrogens with one attached hydrogen (secondary N) is 2. The van der Waals surface area contributed by atoms with Crippen molar-refractivity contribution in [3.05, 3.63) is 65.2 Å². The normalized spacial score (nSPS) is 19.1. The summed E-state index contributed by atoms with van der Waals surface area (Å²) in [5, 5.41) is 6.51. The van der Waals surface area contributed by atoms with Crippen LogP contribution in [0.25, 0.3) is 0 Å². The van der Waals surface area contributed by atoms with Gasteiger partial charge in [0.2, 0.25) is 0 Å². The fourth-order valence-electron chi connectivity index (χ4n) is 4.54. The highest BCUT2D eigenvalue weighted by Crippen LogP contribution is 2.33. The molecule has 1 amide bonds. The highest BCUT2D eigenvalue weighted by atomic mass is 16.5. The molecule has 1 fully saturated rings. The van der Waals surface area contributed by atoms with Gasteiger partial charge in [0.1, 0.15) is 5.75 Å². The van der Waals surface area contributed by atoms with Crippen molar-refractivity contribution in [2.45, 2.75) is 58.2 Å². The van der Waals surface area contributed by atoms with Crippen LogP contribution in [0.4, 0.5) is 0 Å². The van der Waals surface area contributed by atoms with Crippen molar-refractivity contribution >= 4 is 11.9 Å². The van der Waals surface area contributed by atoms with Crippen LogP contribution in [0.15, 0.2) is 48.5 Å². The monoisotopic (exact) mass is 481 g/mol. The number of hydrogen-bond acceptors (Lipinski definition) is 6. The van der Waals surface area contributed by atoms with E-state index >= 15 is 0 Å². The van der Waals surface area contributed by atoms with Crippen LogP contribution < -0.4 is 15.4 Å². The maximum absolute atomic E-state index is 12.6. The molecule has 2 aromatic carbocycles. The number of ether oxygens (including phenoxy) is 2. The van der Waals surface area contributed by atoms with E-state index < -0.39 is 0 Å². The number of nitrogens with zero attached hydrogens (tertiary/aromatic N) is 1. The fraction of sp³-hybridized carbons (Fsp3) is 0.500. The molecule has 7 nitrogen and oxygen atoms in total. The van der Waals surface area contributed by atoms with Crippen molar-refractivity contribution in [1.29, 1.82) is 0 Å². The summed E-state index contributed by atoms with van der Waals surface area (Å²) in [4.78, 5) is 26.6. The molecule has 3 rings (SSSR count). The molecule has 0 aliphatic carbocycles. The van der Waals surface area contributed by atoms with E-state index in [4.69, 9.17) is 9.47 Å². The summed E-state index contributed by atoms with van der Waals surface area (Å²) in [6.45, 7) is 9.04. The number of hydrogen-bond donors (Lipinski definition) is 2. The first kappa shape index (κ1) is 26.7. The molecule has 2 aromatic rings. The SMILES string of the molecule is CCOC(=O)CCCCNC(=O)c1ccc([C@H](c2cccc(OC)c2)N2C[C@@H](C)NC[C@@H]2C)cc1. The van der Waals surface area contributed by atoms with Crippen LogP contribution in [-0.4, -0.2) is 62.2 Å². The van der Waals surface area contributed by atoms with Crippen molar-refractivity contribution in [3.63, 3.8) is 0 Å². The minimum Gasteiger partial charge on any atom is -0.497 e. The molecule has 0 aromatic heterocycles. The molecule has 0 saturated carbocycles. The Labute approximate surface area is 209 Å². The van der Waals surface area contributed by atoms with E-state index in [0.717, 1.165) is 30.8 Å². The fourth-order valence-corrected chi connectivity index (χ4v) is 4.54. The van der Waals surface area contributed by atoms with E-state index in [9.17, 15) is 9.59 Å². The van der Waals surface area contributed by atoms with Crippen LogP contribution in [0.5, 0.6) is 5.75 Å². The summed E-state index contributed by atoms with van der Waals surface area (Å²) >= 11 is 0. The molecule has 2 N–H and O–H groups in total. The first-order valence-electron chi connectivity index (χ1n) is 12.6. The number of rotatable bonds is 11. The Morgan fingerprint density at radius 2 is 1.89 bits per heavy atom. The molecule has 0 radical (unpaired) electrons. The topological polar surface area (TPSA) is 79.9 Å². The summed E-state index contributed by atoms with van der Waals surface area (Å²) < 4.78 is 10.4. The van der Waals surface area contributed by atoms with E-state index in [0.29, 0.717) is 43.6 Å². The van der Waals surface area contributed by atoms with E-state index in [1.165, 1.54) is 5.56 Å². The van der Waals surface area contributed by atoms with Gasteiger partial charge in [0.15, 0.2) is 0 Å². The van der Waals surface area contributed by atoms with Gasteiger partial charge in [-0.25, -0.2) is 0 Å². The number of piperazine rings is 1. The van der Waals surface area contributed by atoms with E-state index in [2.05, 4.69) is 53.6 Å². The highest BCUT2D eigenvalue weighted by molar-refractivity contribution is 5.94. The average molecular weight is 482 g/mol. The standard InChI is InChI=1S/C28H39N3O4/c1-5-35-26(32)11-6-7-16-29-28(33)23-14-12-22(13-15-23)27(24-9-8-10-25(17-24)34-4)31-19-20(2)30-18-21(31)3/h8-10,12-15,17,20-21,27,30H,5-7,11,16,18-19H2,1-4H3,(H,29,33)/t20-,21+,27-/m1/s1. The van der Waals surface area contributed by atoms with Crippen molar-refractivity contribution in [2.75, 3.05) is 33.4 Å². The summed E-state index contributed by atoms with van der Waals surface area (Å²) in [5.74, 6) is 0.547. The summed E-state index contributed by atoms with van der Waals surface area (Å²) in [7, 11) is 1.69. The second kappa shape index (κ2) is 13.3. The van der Waals surface area contributed by atoms with Crippen LogP contribution in [0.3, 0.4) is 0 Å². The van der Waals surface area contributed by atoms with E-state index in [1.807, 2.05) is 24.3 Å². The van der Waals surface area contributed by atoms with Gasteiger partial charge in [-0.3, -0.25) is 14.5 Å². The number of amides is 1. The molecule has 1 aliphatic heterocycles. The zero-order valence-corrected chi connectivity index (χ0v) is 21.4. The molecule has 190 valence electrons. The molecule has 3 atom stereocenters. The minimum atomic E-state index is -0.187. The van der Waals surface area contributed by atoms with Gasteiger partial charge >= 0.3 is 5.97 Å². The molecule has 0 bridgehead atoms. The first-order valence-corrected chi connectivity index (χ1v) is 12.6. The van der Waals surface area contributed by atoms with Gasteiger partial charge in [0, 0.05) is 43.7 Å². The molecule has 1 saturated heterocycles. The molecule has 1 heterocycles. The molecule has 7 heteroatoms. The van der Waals surface area contributed by atoms with E-state index in [1.54, 1.807) is 14.0 Å². The predicted molar refractivity (Wildman–Crippen MR) is 138 cm³/mol. The zero-order valence-electron chi connectivity index (χ0n) is 21.4. The second-order valence-electron chi connectivity index (χ2n) is 9.17. The Morgan fingerprint density at radius 3 is 2.60 bits per heavy atom. The first-order chi connectivity index (χ1) is 16.9. The number of esters is 1. The molecule has 1 aliphatic rings. The lowest BCUT2D eigenvalue weighted by molar-refractivity contribution is -0.143. The van der Waals surface area contributed by atoms with Gasteiger partial charge in [0.05, 0.1) is 19.8 Å². The second-order valence-corrected chi connectivity index (χ2v) is 9.17. The third kappa shape index (κ3) is 7.54. The number of unbranched alkanes of at least 4 members (excludes halogenated alkanes) is 1. The lowest BCUT2D eigenvalue weighted by Crippen LogP contribution is -2.55. The Hall–Kier alpha value is -2.90. The maximum atomic E-state index is 12.6. The van der Waals surface area contributed by atoms with Gasteiger partial charge in [-0.05, 0) is 69.0 Å². The van der Waals surface area contributed by atoms with Gasteiger partial charge in [0.25, 0.3) is 5.91 Å². The van der Waals surface area contributed by atoms with Crippen molar-refractivity contribution in [1.82, 2.24) is 15.5 Å². The van der Waals surface area contributed by atoms with Crippen molar-refractivity contribution in [2.24, 2.45) is 0 Å². The molecule has 0 unspecified atom stereocenters. The lowest BCUT2D eigenvalue weighted by atomic mass is 9.93. The van der Waals surface area contributed by atoms with Gasteiger partial charge in [-0.1, -0.05) is 24.3 Å². The predicted octanol–water partition coefficient (Wildman–Crippen LogP) is 3.93. The smallest absolute Gasteiger partial charge is 0.305 e. The lowest BCUT2D eigenvalue weighted by Gasteiger charge is -2.43. The summed E-state index contributed by atoms with van der Waals surface area (Å²) in [6.07, 6.45) is 1.81. The third-order valence-electron chi connectivity index (χ3n) is 6.44. The van der Waals surface area contributed by atoms with Gasteiger partial charge in [-0.15, -0.1) is 0 Å². The number of methoxy groups -OCH3 is 1. The largest absolute Gasteiger partial charge is 0.497 e. The summed E-state index contributed by atoms with van der Waals surface area (Å²) in [6, 6.07) is 17.0. The Kier molecular flexibility index (Phi) is 10.1. The van der Waals surface area contributed by atoms with Gasteiger partial charge in [-0.2, -0.15) is 0 Å². The number of benzene rings is 2. The highest BCUT2D eigenvalue weighted by Gasteiger charge is 2.31. The van der Waals surface area contributed by atoms with E-state index in [-0.39, 0.29) is 17.9 Å². The van der Waals surface area contributed by atoms with Gasteiger partial charge < -0.3 is 20.1 Å². The van der Waals surface area contributed by atoms with Crippen LogP contribution in [0, 0.1) is 0 Å². The number of carbonyl (C=O) groups excluding carboxylic acids is 2. The van der Waals surface area contributed by atoms with Crippen LogP contribution in [-0.2, 0) is 9.53 Å². The zero-order chi connectivity index (χ0) is 25.2. The quantitative estimate of drug-likeness (QED) is 0.374. The van der Waals surface area contributed by atoms with Crippen LogP contribution >= 0.6 is 0 Å². The summed E-state index contributed by atoms with van der Waals surface area (Å²) in [5.41, 5.74) is 2.94. The molecular formula is C28H39N3O4. The number of carbonyl (C=O) groups is 2. The third-order valence-corrected chi connectivity index (χ3v) is 6.44. The minimum absolute atomic E-state index is 0.0598. The average Bonchev–Trinajstić information content (AvgIpc) is 2.86. The molecule has 35 heavy (non-hydrogen) atoms. The Balaban J connectivity index is 1.70. The Morgan fingerprint density at radius 1 is 1.11 bits per heavy atom. The Bertz CT molecular complexity index is 963. The van der Waals surface area contributed by atoms with Crippen LogP contribution in [0.1, 0.15) is 67.6 Å². The maximum Gasteiger partial charge on any atom is 0.305 e. The molecular weight excluding hydrogens is 442 g/mol. The molecule has 0 spiro atoms. The van der Waals surface area contributed by atoms with Crippen molar-refractivity contribution in [3.8, 4) is 5.75 Å².